The molecule has 1 aliphatic heterocycles. The van der Waals surface area contributed by atoms with Gasteiger partial charge < -0.3 is 15.0 Å². The first kappa shape index (κ1) is 14.9. The average molecular weight is 276 g/mol. The minimum Gasteiger partial charge on any atom is -0.376 e. The molecule has 0 bridgehead atoms. The fourth-order valence-electron chi connectivity index (χ4n) is 2.48. The first-order valence-corrected chi connectivity index (χ1v) is 7.48. The van der Waals surface area contributed by atoms with E-state index in [1.807, 2.05) is 17.9 Å². The fourth-order valence-corrected chi connectivity index (χ4v) is 2.48. The molecule has 0 spiro atoms. The van der Waals surface area contributed by atoms with Gasteiger partial charge in [-0.1, -0.05) is 30.3 Å². The van der Waals surface area contributed by atoms with E-state index in [9.17, 15) is 4.79 Å². The van der Waals surface area contributed by atoms with Crippen LogP contribution >= 0.6 is 0 Å². The molecule has 1 aromatic carbocycles. The Morgan fingerprint density at radius 1 is 1.40 bits per heavy atom. The summed E-state index contributed by atoms with van der Waals surface area (Å²) in [4.78, 5) is 13.5. The molecule has 1 fully saturated rings. The van der Waals surface area contributed by atoms with Crippen molar-refractivity contribution in [1.29, 1.82) is 0 Å². The number of nitrogens with one attached hydrogen (secondary N) is 1. The summed E-state index contributed by atoms with van der Waals surface area (Å²) in [6, 6.07) is 10.5. The Hall–Kier alpha value is -1.55. The molecule has 0 aromatic heterocycles. The highest BCUT2D eigenvalue weighted by molar-refractivity contribution is 5.74. The second kappa shape index (κ2) is 7.90. The van der Waals surface area contributed by atoms with E-state index in [-0.39, 0.29) is 12.1 Å². The van der Waals surface area contributed by atoms with Gasteiger partial charge in [-0.15, -0.1) is 0 Å². The van der Waals surface area contributed by atoms with Gasteiger partial charge in [0.25, 0.3) is 0 Å². The minimum absolute atomic E-state index is 0.0304. The van der Waals surface area contributed by atoms with Crippen molar-refractivity contribution < 1.29 is 9.53 Å². The molecule has 110 valence electrons. The minimum atomic E-state index is 0.0304. The van der Waals surface area contributed by atoms with Crippen LogP contribution in [0.1, 0.15) is 25.3 Å². The lowest BCUT2D eigenvalue weighted by Crippen LogP contribution is -2.38. The van der Waals surface area contributed by atoms with Crippen LogP contribution in [0.5, 0.6) is 0 Å². The summed E-state index contributed by atoms with van der Waals surface area (Å²) >= 11 is 0. The zero-order valence-corrected chi connectivity index (χ0v) is 12.2. The summed E-state index contributed by atoms with van der Waals surface area (Å²) in [5.74, 6) is 0. The Labute approximate surface area is 121 Å². The van der Waals surface area contributed by atoms with Gasteiger partial charge in [-0.05, 0) is 31.7 Å². The first-order chi connectivity index (χ1) is 9.79. The molecule has 4 heteroatoms. The summed E-state index contributed by atoms with van der Waals surface area (Å²) < 4.78 is 5.86. The summed E-state index contributed by atoms with van der Waals surface area (Å²) in [5, 5.41) is 2.83. The van der Waals surface area contributed by atoms with Crippen LogP contribution in [0.2, 0.25) is 0 Å². The van der Waals surface area contributed by atoms with E-state index < -0.39 is 0 Å². The predicted octanol–water partition coefficient (Wildman–Crippen LogP) is 2.44. The molecule has 1 saturated heterocycles. The molecule has 1 aromatic rings. The second-order valence-corrected chi connectivity index (χ2v) is 5.15. The van der Waals surface area contributed by atoms with Gasteiger partial charge in [0, 0.05) is 26.2 Å². The highest BCUT2D eigenvalue weighted by Crippen LogP contribution is 2.13. The van der Waals surface area contributed by atoms with Gasteiger partial charge in [-0.3, -0.25) is 0 Å². The molecule has 4 nitrogen and oxygen atoms in total. The van der Waals surface area contributed by atoms with E-state index in [0.29, 0.717) is 6.54 Å². The number of likely N-dealkylation sites (tertiary alicyclic amines) is 1. The van der Waals surface area contributed by atoms with Crippen molar-refractivity contribution in [3.8, 4) is 0 Å². The maximum Gasteiger partial charge on any atom is 0.317 e. The third-order valence-corrected chi connectivity index (χ3v) is 3.57. The molecule has 1 N–H and O–H groups in total. The van der Waals surface area contributed by atoms with Crippen molar-refractivity contribution >= 4 is 6.03 Å². The van der Waals surface area contributed by atoms with Crippen molar-refractivity contribution in [1.82, 2.24) is 10.2 Å². The number of carbonyl (C=O) groups is 1. The largest absolute Gasteiger partial charge is 0.376 e. The van der Waals surface area contributed by atoms with Gasteiger partial charge in [-0.25, -0.2) is 4.79 Å². The molecular formula is C16H24N2O2. The molecule has 1 heterocycles. The zero-order chi connectivity index (χ0) is 14.2. The van der Waals surface area contributed by atoms with Gasteiger partial charge >= 0.3 is 6.03 Å². The number of benzene rings is 1. The molecule has 2 amide bonds. The van der Waals surface area contributed by atoms with E-state index in [0.717, 1.165) is 39.0 Å². The van der Waals surface area contributed by atoms with Crippen LogP contribution < -0.4 is 5.32 Å². The number of ether oxygens (including phenoxy) is 1. The number of nitrogens with zero attached hydrogens (tertiary/aromatic N) is 1. The lowest BCUT2D eigenvalue weighted by Gasteiger charge is -2.16. The molecule has 0 unspecified atom stereocenters. The third kappa shape index (κ3) is 4.53. The predicted molar refractivity (Wildman–Crippen MR) is 79.8 cm³/mol. The molecule has 1 atom stereocenters. The van der Waals surface area contributed by atoms with Crippen LogP contribution in [0.15, 0.2) is 30.3 Å². The Morgan fingerprint density at radius 2 is 2.20 bits per heavy atom. The third-order valence-electron chi connectivity index (χ3n) is 3.57. The van der Waals surface area contributed by atoms with E-state index >= 15 is 0 Å². The first-order valence-electron chi connectivity index (χ1n) is 7.48. The van der Waals surface area contributed by atoms with Crippen LogP contribution in [0.4, 0.5) is 4.79 Å². The highest BCUT2D eigenvalue weighted by Gasteiger charge is 2.26. The van der Waals surface area contributed by atoms with Crippen LogP contribution in [0.25, 0.3) is 0 Å². The molecule has 0 aliphatic carbocycles. The van der Waals surface area contributed by atoms with E-state index in [1.54, 1.807) is 0 Å². The lowest BCUT2D eigenvalue weighted by atomic mass is 10.1. The van der Waals surface area contributed by atoms with E-state index in [2.05, 4.69) is 29.6 Å². The quantitative estimate of drug-likeness (QED) is 0.811. The van der Waals surface area contributed by atoms with E-state index in [4.69, 9.17) is 4.74 Å². The van der Waals surface area contributed by atoms with Crippen molar-refractivity contribution in [3.63, 3.8) is 0 Å². The Morgan fingerprint density at radius 3 is 2.95 bits per heavy atom. The Bertz CT molecular complexity index is 408. The van der Waals surface area contributed by atoms with Gasteiger partial charge in [0.2, 0.25) is 0 Å². The van der Waals surface area contributed by atoms with Crippen molar-refractivity contribution in [3.05, 3.63) is 35.9 Å². The Kier molecular flexibility index (Phi) is 5.87. The van der Waals surface area contributed by atoms with Gasteiger partial charge in [0.1, 0.15) is 0 Å². The number of amides is 2. The number of hydrogen-bond acceptors (Lipinski definition) is 2. The number of aryl methyl sites for hydroxylation is 1. The van der Waals surface area contributed by atoms with Crippen molar-refractivity contribution in [2.45, 2.75) is 32.3 Å². The SMILES string of the molecule is CCNC(=O)N1CC[C@H](OCCCc2ccccc2)C1. The number of hydrogen-bond donors (Lipinski definition) is 1. The van der Waals surface area contributed by atoms with Crippen LogP contribution in [0, 0.1) is 0 Å². The smallest absolute Gasteiger partial charge is 0.317 e. The van der Waals surface area contributed by atoms with Crippen LogP contribution in [-0.4, -0.2) is 43.3 Å². The van der Waals surface area contributed by atoms with Crippen LogP contribution in [-0.2, 0) is 11.2 Å². The second-order valence-electron chi connectivity index (χ2n) is 5.15. The molecule has 0 radical (unpaired) electrons. The molecular weight excluding hydrogens is 252 g/mol. The summed E-state index contributed by atoms with van der Waals surface area (Å²) in [6.45, 7) is 4.90. The van der Waals surface area contributed by atoms with Crippen molar-refractivity contribution in [2.75, 3.05) is 26.2 Å². The normalized spacial score (nSPS) is 18.2. The summed E-state index contributed by atoms with van der Waals surface area (Å²) in [5.41, 5.74) is 1.35. The van der Waals surface area contributed by atoms with Crippen molar-refractivity contribution in [2.24, 2.45) is 0 Å². The average Bonchev–Trinajstić information content (AvgIpc) is 2.94. The number of carbonyl (C=O) groups excluding carboxylic acids is 1. The maximum atomic E-state index is 11.7. The lowest BCUT2D eigenvalue weighted by molar-refractivity contribution is 0.0597. The molecule has 20 heavy (non-hydrogen) atoms. The highest BCUT2D eigenvalue weighted by atomic mass is 16.5. The molecule has 2 rings (SSSR count). The zero-order valence-electron chi connectivity index (χ0n) is 12.2. The van der Waals surface area contributed by atoms with Gasteiger partial charge in [0.15, 0.2) is 0 Å². The van der Waals surface area contributed by atoms with Crippen LogP contribution in [0.3, 0.4) is 0 Å². The van der Waals surface area contributed by atoms with Gasteiger partial charge in [0.05, 0.1) is 6.10 Å². The summed E-state index contributed by atoms with van der Waals surface area (Å²) in [7, 11) is 0. The standard InChI is InChI=1S/C16H24N2O2/c1-2-17-16(19)18-11-10-15(13-18)20-12-6-9-14-7-4-3-5-8-14/h3-5,7-8,15H,2,6,9-13H2,1H3,(H,17,19)/t15-/m0/s1. The van der Waals surface area contributed by atoms with Gasteiger partial charge in [-0.2, -0.15) is 0 Å². The molecule has 0 saturated carbocycles. The maximum absolute atomic E-state index is 11.7. The van der Waals surface area contributed by atoms with E-state index in [1.165, 1.54) is 5.56 Å². The summed E-state index contributed by atoms with van der Waals surface area (Å²) in [6.07, 6.45) is 3.23. The Balaban J connectivity index is 1.60. The molecule has 1 aliphatic rings. The number of urea groups is 1. The number of rotatable bonds is 6. The monoisotopic (exact) mass is 276 g/mol. The topological polar surface area (TPSA) is 41.6 Å². The fraction of sp³-hybridized carbons (Fsp3) is 0.562.